The molecule has 4 rings (SSSR count). The third kappa shape index (κ3) is 6.92. The predicted molar refractivity (Wildman–Crippen MR) is 156 cm³/mol. The van der Waals surface area contributed by atoms with E-state index in [-0.39, 0.29) is 23.8 Å². The smallest absolute Gasteiger partial charge is 0.243 e. The molecule has 0 saturated heterocycles. The normalized spacial score (nSPS) is 12.3. The van der Waals surface area contributed by atoms with E-state index >= 15 is 0 Å². The van der Waals surface area contributed by atoms with Gasteiger partial charge in [-0.2, -0.15) is 4.31 Å². The zero-order valence-corrected chi connectivity index (χ0v) is 24.2. The second-order valence-electron chi connectivity index (χ2n) is 9.24. The molecule has 0 radical (unpaired) electrons. The molecule has 7 nitrogen and oxygen atoms in total. The lowest BCUT2D eigenvalue weighted by molar-refractivity contribution is -0.141. The van der Waals surface area contributed by atoms with Crippen LogP contribution >= 0.6 is 15.9 Å². The van der Waals surface area contributed by atoms with Crippen molar-refractivity contribution in [1.29, 1.82) is 0 Å². The molecule has 0 heterocycles. The van der Waals surface area contributed by atoms with Crippen LogP contribution in [0.1, 0.15) is 11.1 Å². The Bertz CT molecular complexity index is 1580. The number of halogens is 1. The number of hydrogen-bond donors (Lipinski definition) is 1. The SMILES string of the molecule is CNC(=O)C(Cc1ccccc1)N(Cc1cccc(Br)c1)C(=O)CN(C)S(=O)(=O)c1ccc2ccccc2c1. The lowest BCUT2D eigenvalue weighted by atomic mass is 10.0. The molecular weight excluding hydrogens is 578 g/mol. The monoisotopic (exact) mass is 607 g/mol. The molecule has 0 fully saturated rings. The summed E-state index contributed by atoms with van der Waals surface area (Å²) in [7, 11) is -1.06. The van der Waals surface area contributed by atoms with E-state index in [1.807, 2.05) is 78.9 Å². The van der Waals surface area contributed by atoms with Crippen LogP contribution in [0.2, 0.25) is 0 Å². The van der Waals surface area contributed by atoms with Gasteiger partial charge in [0, 0.05) is 31.5 Å². The van der Waals surface area contributed by atoms with E-state index in [2.05, 4.69) is 21.2 Å². The summed E-state index contributed by atoms with van der Waals surface area (Å²) < 4.78 is 28.8. The van der Waals surface area contributed by atoms with Crippen LogP contribution in [-0.2, 0) is 32.6 Å². The van der Waals surface area contributed by atoms with Gasteiger partial charge >= 0.3 is 0 Å². The van der Waals surface area contributed by atoms with E-state index in [9.17, 15) is 18.0 Å². The van der Waals surface area contributed by atoms with E-state index in [0.29, 0.717) is 0 Å². The van der Waals surface area contributed by atoms with Crippen molar-refractivity contribution in [3.8, 4) is 0 Å². The topological polar surface area (TPSA) is 86.8 Å². The molecule has 4 aromatic rings. The summed E-state index contributed by atoms with van der Waals surface area (Å²) in [4.78, 5) is 28.5. The molecule has 4 aromatic carbocycles. The van der Waals surface area contributed by atoms with Crippen LogP contribution in [0.5, 0.6) is 0 Å². The van der Waals surface area contributed by atoms with Crippen molar-refractivity contribution in [3.63, 3.8) is 0 Å². The summed E-state index contributed by atoms with van der Waals surface area (Å²) in [5.74, 6) is -0.811. The molecule has 1 unspecified atom stereocenters. The van der Waals surface area contributed by atoms with Crippen LogP contribution in [-0.4, -0.2) is 56.1 Å². The molecule has 0 saturated carbocycles. The predicted octanol–water partition coefficient (Wildman–Crippen LogP) is 4.61. The summed E-state index contributed by atoms with van der Waals surface area (Å²) in [6, 6.07) is 28.4. The molecule has 2 amide bonds. The lowest BCUT2D eigenvalue weighted by Crippen LogP contribution is -2.52. The first-order valence-corrected chi connectivity index (χ1v) is 14.7. The van der Waals surface area contributed by atoms with Crippen molar-refractivity contribution in [2.45, 2.75) is 23.9 Å². The molecule has 0 aliphatic heterocycles. The largest absolute Gasteiger partial charge is 0.357 e. The number of rotatable bonds is 10. The Morgan fingerprint density at radius 3 is 2.21 bits per heavy atom. The van der Waals surface area contributed by atoms with Crippen LogP contribution in [0.25, 0.3) is 10.8 Å². The molecule has 1 atom stereocenters. The van der Waals surface area contributed by atoms with Crippen LogP contribution in [0.15, 0.2) is 106 Å². The highest BCUT2D eigenvalue weighted by Crippen LogP contribution is 2.23. The van der Waals surface area contributed by atoms with Crippen LogP contribution in [0, 0.1) is 0 Å². The lowest BCUT2D eigenvalue weighted by Gasteiger charge is -2.32. The number of carbonyl (C=O) groups is 2. The van der Waals surface area contributed by atoms with Crippen molar-refractivity contribution in [2.75, 3.05) is 20.6 Å². The second kappa shape index (κ2) is 12.5. The van der Waals surface area contributed by atoms with E-state index < -0.39 is 28.5 Å². The van der Waals surface area contributed by atoms with Gasteiger partial charge in [-0.3, -0.25) is 9.59 Å². The maximum atomic E-state index is 13.8. The van der Waals surface area contributed by atoms with Gasteiger partial charge in [0.2, 0.25) is 21.8 Å². The van der Waals surface area contributed by atoms with E-state index in [1.165, 1.54) is 19.0 Å². The number of benzene rings is 4. The Morgan fingerprint density at radius 1 is 0.846 bits per heavy atom. The van der Waals surface area contributed by atoms with Gasteiger partial charge in [0.25, 0.3) is 0 Å². The average molecular weight is 609 g/mol. The standard InChI is InChI=1S/C30H30BrN3O4S/c1-32-30(36)28(18-22-9-4-3-5-10-22)34(20-23-11-8-14-26(31)17-23)29(35)21-33(2)39(37,38)27-16-15-24-12-6-7-13-25(24)19-27/h3-17,19,28H,18,20-21H2,1-2H3,(H,32,36). The second-order valence-corrected chi connectivity index (χ2v) is 12.2. The molecule has 1 N–H and O–H groups in total. The maximum Gasteiger partial charge on any atom is 0.243 e. The van der Waals surface area contributed by atoms with Gasteiger partial charge in [0.1, 0.15) is 6.04 Å². The van der Waals surface area contributed by atoms with Gasteiger partial charge in [0.15, 0.2) is 0 Å². The number of nitrogens with zero attached hydrogens (tertiary/aromatic N) is 2. The fraction of sp³-hybridized carbons (Fsp3) is 0.200. The number of amides is 2. The van der Waals surface area contributed by atoms with E-state index in [4.69, 9.17) is 0 Å². The first kappa shape index (κ1) is 28.5. The molecular formula is C30H30BrN3O4S. The number of hydrogen-bond acceptors (Lipinski definition) is 4. The third-order valence-electron chi connectivity index (χ3n) is 6.55. The Kier molecular flexibility index (Phi) is 9.16. The highest BCUT2D eigenvalue weighted by molar-refractivity contribution is 9.10. The van der Waals surface area contributed by atoms with Gasteiger partial charge in [-0.1, -0.05) is 88.7 Å². The van der Waals surface area contributed by atoms with E-state index in [1.54, 1.807) is 18.2 Å². The molecule has 0 aromatic heterocycles. The Hall–Kier alpha value is -3.53. The minimum absolute atomic E-state index is 0.0992. The first-order chi connectivity index (χ1) is 18.7. The van der Waals surface area contributed by atoms with E-state index in [0.717, 1.165) is 30.7 Å². The zero-order chi connectivity index (χ0) is 28.0. The van der Waals surface area contributed by atoms with Gasteiger partial charge < -0.3 is 10.2 Å². The highest BCUT2D eigenvalue weighted by Gasteiger charge is 2.32. The number of nitrogens with one attached hydrogen (secondary N) is 1. The fourth-order valence-corrected chi connectivity index (χ4v) is 6.03. The summed E-state index contributed by atoms with van der Waals surface area (Å²) in [6.45, 7) is -0.293. The molecule has 9 heteroatoms. The summed E-state index contributed by atoms with van der Waals surface area (Å²) >= 11 is 3.46. The van der Waals surface area contributed by atoms with Crippen molar-refractivity contribution < 1.29 is 18.0 Å². The number of fused-ring (bicyclic) bond motifs is 1. The molecule has 0 aliphatic carbocycles. The van der Waals surface area contributed by atoms with Crippen LogP contribution < -0.4 is 5.32 Å². The molecule has 39 heavy (non-hydrogen) atoms. The zero-order valence-electron chi connectivity index (χ0n) is 21.7. The summed E-state index contributed by atoms with van der Waals surface area (Å²) in [5.41, 5.74) is 1.69. The molecule has 0 bridgehead atoms. The van der Waals surface area contributed by atoms with Crippen molar-refractivity contribution >= 4 is 48.5 Å². The first-order valence-electron chi connectivity index (χ1n) is 12.4. The average Bonchev–Trinajstić information content (AvgIpc) is 2.94. The Balaban J connectivity index is 1.65. The van der Waals surface area contributed by atoms with Crippen molar-refractivity contribution in [3.05, 3.63) is 113 Å². The van der Waals surface area contributed by atoms with Crippen LogP contribution in [0.4, 0.5) is 0 Å². The van der Waals surface area contributed by atoms with Crippen LogP contribution in [0.3, 0.4) is 0 Å². The number of likely N-dealkylation sites (N-methyl/N-ethyl adjacent to an activating group) is 2. The molecule has 0 spiro atoms. The number of carbonyl (C=O) groups excluding carboxylic acids is 2. The van der Waals surface area contributed by atoms with Crippen molar-refractivity contribution in [2.24, 2.45) is 0 Å². The summed E-state index contributed by atoms with van der Waals surface area (Å²) in [5, 5.41) is 4.38. The minimum Gasteiger partial charge on any atom is -0.357 e. The quantitative estimate of drug-likeness (QED) is 0.285. The third-order valence-corrected chi connectivity index (χ3v) is 8.84. The molecule has 0 aliphatic rings. The highest BCUT2D eigenvalue weighted by atomic mass is 79.9. The fourth-order valence-electron chi connectivity index (χ4n) is 4.43. The van der Waals surface area contributed by atoms with Gasteiger partial charge in [-0.05, 0) is 46.2 Å². The number of sulfonamides is 1. The van der Waals surface area contributed by atoms with Gasteiger partial charge in [0.05, 0.1) is 11.4 Å². The van der Waals surface area contributed by atoms with Gasteiger partial charge in [-0.25, -0.2) is 8.42 Å². The Labute approximate surface area is 237 Å². The van der Waals surface area contributed by atoms with Crippen molar-refractivity contribution in [1.82, 2.24) is 14.5 Å². The summed E-state index contributed by atoms with van der Waals surface area (Å²) in [6.07, 6.45) is 0.279. The maximum absolute atomic E-state index is 13.8. The Morgan fingerprint density at radius 2 is 1.51 bits per heavy atom. The minimum atomic E-state index is -3.97. The molecule has 202 valence electrons. The van der Waals surface area contributed by atoms with Gasteiger partial charge in [-0.15, -0.1) is 0 Å².